The van der Waals surface area contributed by atoms with Crippen molar-refractivity contribution in [1.82, 2.24) is 24.6 Å². The molecule has 0 aromatic carbocycles. The molecule has 2 aromatic rings. The molecule has 0 aliphatic carbocycles. The van der Waals surface area contributed by atoms with Gasteiger partial charge in [-0.3, -0.25) is 9.48 Å². The molecule has 1 aliphatic heterocycles. The van der Waals surface area contributed by atoms with Gasteiger partial charge in [0.2, 0.25) is 5.91 Å². The first-order valence-electron chi connectivity index (χ1n) is 9.51. The second kappa shape index (κ2) is 7.56. The fraction of sp³-hybridized carbons (Fsp3) is 0.600. The zero-order valence-corrected chi connectivity index (χ0v) is 16.3. The molecule has 0 unspecified atom stereocenters. The molecular formula is C20H29N5O. The van der Waals surface area contributed by atoms with E-state index in [9.17, 15) is 4.79 Å². The highest BCUT2D eigenvalue weighted by atomic mass is 16.2. The van der Waals surface area contributed by atoms with E-state index in [1.54, 1.807) is 12.5 Å². The van der Waals surface area contributed by atoms with Crippen LogP contribution < -0.4 is 0 Å². The number of hydrogen-bond donors (Lipinski definition) is 0. The molecule has 1 fully saturated rings. The predicted octanol–water partition coefficient (Wildman–Crippen LogP) is 3.19. The zero-order valence-electron chi connectivity index (χ0n) is 16.3. The normalized spacial score (nSPS) is 18.2. The summed E-state index contributed by atoms with van der Waals surface area (Å²) in [5.74, 6) is 0.700. The van der Waals surface area contributed by atoms with Crippen LogP contribution in [0.3, 0.4) is 0 Å². The minimum atomic E-state index is -0.317. The van der Waals surface area contributed by atoms with Gasteiger partial charge in [-0.15, -0.1) is 0 Å². The minimum Gasteiger partial charge on any atom is -0.342 e. The second-order valence-corrected chi connectivity index (χ2v) is 8.14. The van der Waals surface area contributed by atoms with E-state index >= 15 is 0 Å². The van der Waals surface area contributed by atoms with E-state index in [0.717, 1.165) is 56.0 Å². The summed E-state index contributed by atoms with van der Waals surface area (Å²) in [6, 6.07) is 4.05. The predicted molar refractivity (Wildman–Crippen MR) is 101 cm³/mol. The van der Waals surface area contributed by atoms with Gasteiger partial charge in [0.1, 0.15) is 6.33 Å². The van der Waals surface area contributed by atoms with E-state index < -0.39 is 0 Å². The third-order valence-corrected chi connectivity index (χ3v) is 4.95. The van der Waals surface area contributed by atoms with Gasteiger partial charge >= 0.3 is 0 Å². The van der Waals surface area contributed by atoms with Crippen LogP contribution in [0.5, 0.6) is 0 Å². The van der Waals surface area contributed by atoms with Crippen molar-refractivity contribution in [3.8, 4) is 11.4 Å². The fourth-order valence-corrected chi connectivity index (χ4v) is 3.64. The molecule has 0 radical (unpaired) electrons. The molecule has 6 nitrogen and oxygen atoms in total. The maximum atomic E-state index is 12.6. The Hall–Kier alpha value is -2.24. The Morgan fingerprint density at radius 3 is 2.85 bits per heavy atom. The summed E-state index contributed by atoms with van der Waals surface area (Å²) in [6.45, 7) is 10.6. The van der Waals surface area contributed by atoms with Gasteiger partial charge in [0, 0.05) is 36.9 Å². The number of likely N-dealkylation sites (tertiary alicyclic amines) is 1. The van der Waals surface area contributed by atoms with Gasteiger partial charge in [0.25, 0.3) is 0 Å². The molecule has 1 amide bonds. The molecule has 0 bridgehead atoms. The number of carbonyl (C=O) groups excluding carboxylic acids is 1. The monoisotopic (exact) mass is 355 g/mol. The number of hydrogen-bond acceptors (Lipinski definition) is 4. The average Bonchev–Trinajstić information content (AvgIpc) is 3.09. The summed E-state index contributed by atoms with van der Waals surface area (Å²) in [6.07, 6.45) is 6.52. The number of amides is 1. The summed E-state index contributed by atoms with van der Waals surface area (Å²) < 4.78 is 1.94. The van der Waals surface area contributed by atoms with Crippen molar-refractivity contribution >= 4 is 5.91 Å². The lowest BCUT2D eigenvalue weighted by molar-refractivity contribution is -0.141. The van der Waals surface area contributed by atoms with Crippen molar-refractivity contribution in [2.24, 2.45) is 11.3 Å². The molecule has 3 heterocycles. The summed E-state index contributed by atoms with van der Waals surface area (Å²) >= 11 is 0. The first-order valence-corrected chi connectivity index (χ1v) is 9.51. The largest absolute Gasteiger partial charge is 0.342 e. The van der Waals surface area contributed by atoms with Crippen LogP contribution in [0.25, 0.3) is 11.4 Å². The van der Waals surface area contributed by atoms with Crippen molar-refractivity contribution in [3.05, 3.63) is 30.4 Å². The SMILES string of the molecule is CCn1nccc1-c1cc(C[C@H]2CCCN(C(=O)C(C)(C)C)C2)ncn1. The Morgan fingerprint density at radius 2 is 2.12 bits per heavy atom. The second-order valence-electron chi connectivity index (χ2n) is 8.14. The Balaban J connectivity index is 1.71. The maximum absolute atomic E-state index is 12.6. The summed E-state index contributed by atoms with van der Waals surface area (Å²) in [7, 11) is 0. The molecule has 6 heteroatoms. The number of piperidine rings is 1. The van der Waals surface area contributed by atoms with Crippen LogP contribution >= 0.6 is 0 Å². The van der Waals surface area contributed by atoms with Gasteiger partial charge in [0.05, 0.1) is 11.4 Å². The van der Waals surface area contributed by atoms with E-state index in [-0.39, 0.29) is 11.3 Å². The molecular weight excluding hydrogens is 326 g/mol. The van der Waals surface area contributed by atoms with E-state index in [1.807, 2.05) is 36.4 Å². The topological polar surface area (TPSA) is 63.9 Å². The van der Waals surface area contributed by atoms with Crippen molar-refractivity contribution in [2.45, 2.75) is 53.5 Å². The van der Waals surface area contributed by atoms with Crippen molar-refractivity contribution in [3.63, 3.8) is 0 Å². The Kier molecular flexibility index (Phi) is 5.39. The summed E-state index contributed by atoms with van der Waals surface area (Å²) in [5, 5.41) is 4.32. The first-order chi connectivity index (χ1) is 12.4. The van der Waals surface area contributed by atoms with Gasteiger partial charge in [-0.05, 0) is 44.2 Å². The standard InChI is InChI=1S/C20H29N5O/c1-5-25-18(8-9-23-25)17-12-16(21-14-22-17)11-15-7-6-10-24(13-15)19(26)20(2,3)4/h8-9,12,14-15H,5-7,10-11,13H2,1-4H3/t15-/m1/s1. The lowest BCUT2D eigenvalue weighted by Gasteiger charge is -2.36. The van der Waals surface area contributed by atoms with Gasteiger partial charge in [-0.2, -0.15) is 5.10 Å². The number of rotatable bonds is 4. The lowest BCUT2D eigenvalue weighted by atomic mass is 9.89. The van der Waals surface area contributed by atoms with Gasteiger partial charge in [-0.1, -0.05) is 20.8 Å². The molecule has 3 rings (SSSR count). The van der Waals surface area contributed by atoms with Crippen LogP contribution in [0.4, 0.5) is 0 Å². The Bertz CT molecular complexity index is 762. The maximum Gasteiger partial charge on any atom is 0.227 e. The van der Waals surface area contributed by atoms with Crippen LogP contribution in [0.15, 0.2) is 24.7 Å². The molecule has 1 aliphatic rings. The molecule has 0 spiro atoms. The molecule has 140 valence electrons. The highest BCUT2D eigenvalue weighted by molar-refractivity contribution is 5.81. The van der Waals surface area contributed by atoms with Crippen LogP contribution in [-0.2, 0) is 17.8 Å². The molecule has 2 aromatic heterocycles. The van der Waals surface area contributed by atoms with Gasteiger partial charge in [-0.25, -0.2) is 9.97 Å². The molecule has 1 saturated heterocycles. The van der Waals surface area contributed by atoms with Gasteiger partial charge in [0.15, 0.2) is 0 Å². The third kappa shape index (κ3) is 4.11. The number of nitrogens with zero attached hydrogens (tertiary/aromatic N) is 5. The minimum absolute atomic E-state index is 0.248. The number of carbonyl (C=O) groups is 1. The molecule has 0 N–H and O–H groups in total. The third-order valence-electron chi connectivity index (χ3n) is 4.95. The van der Waals surface area contributed by atoms with E-state index in [4.69, 9.17) is 0 Å². The number of aryl methyl sites for hydroxylation is 1. The van der Waals surface area contributed by atoms with Crippen molar-refractivity contribution < 1.29 is 4.79 Å². The van der Waals surface area contributed by atoms with Crippen LogP contribution in [0, 0.1) is 11.3 Å². The van der Waals surface area contributed by atoms with Crippen molar-refractivity contribution in [1.29, 1.82) is 0 Å². The Morgan fingerprint density at radius 1 is 1.31 bits per heavy atom. The zero-order chi connectivity index (χ0) is 18.7. The van der Waals surface area contributed by atoms with E-state index in [0.29, 0.717) is 5.92 Å². The van der Waals surface area contributed by atoms with Crippen molar-refractivity contribution in [2.75, 3.05) is 13.1 Å². The summed E-state index contributed by atoms with van der Waals surface area (Å²) in [4.78, 5) is 23.5. The molecule has 0 saturated carbocycles. The highest BCUT2D eigenvalue weighted by Gasteiger charge is 2.31. The first kappa shape index (κ1) is 18.5. The van der Waals surface area contributed by atoms with E-state index in [1.165, 1.54) is 0 Å². The van der Waals surface area contributed by atoms with Crippen LogP contribution in [-0.4, -0.2) is 43.6 Å². The molecule has 1 atom stereocenters. The fourth-order valence-electron chi connectivity index (χ4n) is 3.64. The Labute approximate surface area is 155 Å². The van der Waals surface area contributed by atoms with Crippen LogP contribution in [0.2, 0.25) is 0 Å². The quantitative estimate of drug-likeness (QED) is 0.845. The smallest absolute Gasteiger partial charge is 0.227 e. The average molecular weight is 355 g/mol. The molecule has 26 heavy (non-hydrogen) atoms. The summed E-state index contributed by atoms with van der Waals surface area (Å²) in [5.41, 5.74) is 2.65. The van der Waals surface area contributed by atoms with Crippen LogP contribution in [0.1, 0.15) is 46.2 Å². The van der Waals surface area contributed by atoms with E-state index in [2.05, 4.69) is 28.1 Å². The highest BCUT2D eigenvalue weighted by Crippen LogP contribution is 2.26. The van der Waals surface area contributed by atoms with Gasteiger partial charge < -0.3 is 4.90 Å². The number of aromatic nitrogens is 4. The lowest BCUT2D eigenvalue weighted by Crippen LogP contribution is -2.45.